The van der Waals surface area contributed by atoms with Crippen LogP contribution in [0.5, 0.6) is 0 Å². The summed E-state index contributed by atoms with van der Waals surface area (Å²) >= 11 is 0. The second-order valence-corrected chi connectivity index (χ2v) is 11.6. The van der Waals surface area contributed by atoms with Crippen LogP contribution in [-0.4, -0.2) is 0 Å². The molecule has 3 aliphatic carbocycles. The number of rotatable bonds is 11. The van der Waals surface area contributed by atoms with Crippen LogP contribution in [0.15, 0.2) is 0 Å². The minimum atomic E-state index is 1.09. The average Bonchev–Trinajstić information content (AvgIpc) is 2.78. The van der Waals surface area contributed by atoms with E-state index >= 15 is 0 Å². The Labute approximate surface area is 184 Å². The van der Waals surface area contributed by atoms with Gasteiger partial charge in [0.25, 0.3) is 0 Å². The van der Waals surface area contributed by atoms with Gasteiger partial charge in [-0.2, -0.15) is 0 Å². The van der Waals surface area contributed by atoms with Crippen molar-refractivity contribution < 1.29 is 0 Å². The Morgan fingerprint density at radius 2 is 1.00 bits per heavy atom. The first kappa shape index (κ1) is 23.7. The Bertz CT molecular complexity index is 396. The molecule has 2 atom stereocenters. The quantitative estimate of drug-likeness (QED) is 0.301. The summed E-state index contributed by atoms with van der Waals surface area (Å²) in [5.74, 6) is 6.60. The molecule has 0 heterocycles. The molecular weight excluding hydrogens is 348 g/mol. The van der Waals surface area contributed by atoms with Crippen molar-refractivity contribution in [1.82, 2.24) is 0 Å². The number of hydrogen-bond donors (Lipinski definition) is 0. The van der Waals surface area contributed by atoms with Gasteiger partial charge >= 0.3 is 0 Å². The van der Waals surface area contributed by atoms with Crippen LogP contribution in [0, 0.1) is 35.5 Å². The Morgan fingerprint density at radius 3 is 1.66 bits per heavy atom. The summed E-state index contributed by atoms with van der Waals surface area (Å²) in [5, 5.41) is 0. The predicted molar refractivity (Wildman–Crippen MR) is 129 cm³/mol. The van der Waals surface area contributed by atoms with Gasteiger partial charge in [0.1, 0.15) is 0 Å². The zero-order valence-electron chi connectivity index (χ0n) is 20.3. The minimum absolute atomic E-state index is 1.09. The Morgan fingerprint density at radius 1 is 0.448 bits per heavy atom. The first-order valence-electron chi connectivity index (χ1n) is 14.3. The van der Waals surface area contributed by atoms with Crippen molar-refractivity contribution in [1.29, 1.82) is 0 Å². The molecule has 0 saturated heterocycles. The third kappa shape index (κ3) is 7.88. The lowest BCUT2D eigenvalue weighted by atomic mass is 9.64. The Hall–Kier alpha value is 0. The highest BCUT2D eigenvalue weighted by Crippen LogP contribution is 2.46. The molecule has 170 valence electrons. The van der Waals surface area contributed by atoms with Gasteiger partial charge in [0.2, 0.25) is 0 Å². The third-order valence-corrected chi connectivity index (χ3v) is 9.55. The lowest BCUT2D eigenvalue weighted by molar-refractivity contribution is 0.0981. The van der Waals surface area contributed by atoms with Gasteiger partial charge in [-0.25, -0.2) is 0 Å². The molecule has 0 heteroatoms. The van der Waals surface area contributed by atoms with Crippen LogP contribution in [0.25, 0.3) is 0 Å². The maximum Gasteiger partial charge on any atom is -0.0383 e. The van der Waals surface area contributed by atoms with Crippen LogP contribution >= 0.6 is 0 Å². The molecule has 2 unspecified atom stereocenters. The second kappa shape index (κ2) is 13.4. The lowest BCUT2D eigenvalue weighted by Gasteiger charge is -2.41. The molecule has 0 aromatic carbocycles. The van der Waals surface area contributed by atoms with Gasteiger partial charge < -0.3 is 0 Å². The molecule has 0 aliphatic heterocycles. The molecule has 0 bridgehead atoms. The fraction of sp³-hybridized carbons (Fsp3) is 1.00. The smallest absolute Gasteiger partial charge is 0.0383 e. The molecule has 0 spiro atoms. The van der Waals surface area contributed by atoms with Gasteiger partial charge in [0.15, 0.2) is 0 Å². The summed E-state index contributed by atoms with van der Waals surface area (Å²) in [6.07, 6.45) is 32.2. The van der Waals surface area contributed by atoms with Gasteiger partial charge in [0.05, 0.1) is 0 Å². The highest BCUT2D eigenvalue weighted by atomic mass is 14.4. The zero-order valence-corrected chi connectivity index (χ0v) is 20.3. The normalized spacial score (nSPS) is 36.2. The van der Waals surface area contributed by atoms with Gasteiger partial charge in [0, 0.05) is 0 Å². The summed E-state index contributed by atoms with van der Waals surface area (Å²) in [6.45, 7) is 4.69. The molecule has 29 heavy (non-hydrogen) atoms. The van der Waals surface area contributed by atoms with Crippen LogP contribution < -0.4 is 0 Å². The van der Waals surface area contributed by atoms with Gasteiger partial charge in [-0.3, -0.25) is 0 Å². The van der Waals surface area contributed by atoms with Crippen molar-refractivity contribution in [3.8, 4) is 0 Å². The van der Waals surface area contributed by atoms with E-state index in [0.29, 0.717) is 0 Å². The van der Waals surface area contributed by atoms with Crippen molar-refractivity contribution in [3.63, 3.8) is 0 Å². The second-order valence-electron chi connectivity index (χ2n) is 11.6. The van der Waals surface area contributed by atoms with E-state index in [9.17, 15) is 0 Å². The van der Waals surface area contributed by atoms with E-state index in [1.54, 1.807) is 83.5 Å². The van der Waals surface area contributed by atoms with E-state index in [4.69, 9.17) is 0 Å². The van der Waals surface area contributed by atoms with Gasteiger partial charge in [-0.1, -0.05) is 104 Å². The van der Waals surface area contributed by atoms with E-state index < -0.39 is 0 Å². The SMILES string of the molecule is CCCCCCCC1CCC(C2CCC(C3CCCC(CCCC)C3)CC2)CC1. The Balaban J connectivity index is 1.30. The topological polar surface area (TPSA) is 0 Å². The van der Waals surface area contributed by atoms with Crippen LogP contribution in [0.4, 0.5) is 0 Å². The summed E-state index contributed by atoms with van der Waals surface area (Å²) in [7, 11) is 0. The van der Waals surface area contributed by atoms with Crippen LogP contribution in [0.2, 0.25) is 0 Å². The monoisotopic (exact) mass is 402 g/mol. The van der Waals surface area contributed by atoms with Crippen LogP contribution in [0.1, 0.15) is 149 Å². The van der Waals surface area contributed by atoms with Crippen LogP contribution in [-0.2, 0) is 0 Å². The zero-order chi connectivity index (χ0) is 20.3. The van der Waals surface area contributed by atoms with E-state index in [1.165, 1.54) is 51.4 Å². The summed E-state index contributed by atoms with van der Waals surface area (Å²) < 4.78 is 0. The molecule has 3 fully saturated rings. The van der Waals surface area contributed by atoms with Crippen molar-refractivity contribution in [3.05, 3.63) is 0 Å². The lowest BCUT2D eigenvalue weighted by Crippen LogP contribution is -2.30. The molecule has 0 aromatic heterocycles. The summed E-state index contributed by atoms with van der Waals surface area (Å²) in [6, 6.07) is 0. The molecule has 0 nitrogen and oxygen atoms in total. The molecule has 0 aromatic rings. The molecule has 0 radical (unpaired) electrons. The van der Waals surface area contributed by atoms with Crippen molar-refractivity contribution in [2.75, 3.05) is 0 Å². The van der Waals surface area contributed by atoms with Crippen molar-refractivity contribution >= 4 is 0 Å². The van der Waals surface area contributed by atoms with Crippen LogP contribution in [0.3, 0.4) is 0 Å². The maximum absolute atomic E-state index is 2.36. The van der Waals surface area contributed by atoms with E-state index in [1.807, 2.05) is 0 Å². The number of unbranched alkanes of at least 4 members (excludes halogenated alkanes) is 5. The predicted octanol–water partition coefficient (Wildman–Crippen LogP) is 9.96. The maximum atomic E-state index is 2.36. The van der Waals surface area contributed by atoms with E-state index in [-0.39, 0.29) is 0 Å². The van der Waals surface area contributed by atoms with Crippen molar-refractivity contribution in [2.24, 2.45) is 35.5 Å². The number of hydrogen-bond acceptors (Lipinski definition) is 0. The highest BCUT2D eigenvalue weighted by Gasteiger charge is 2.34. The average molecular weight is 403 g/mol. The molecule has 3 aliphatic rings. The van der Waals surface area contributed by atoms with Gasteiger partial charge in [-0.15, -0.1) is 0 Å². The van der Waals surface area contributed by atoms with E-state index in [0.717, 1.165) is 35.5 Å². The molecule has 0 N–H and O–H groups in total. The molecular formula is C29H54. The molecule has 3 saturated carbocycles. The third-order valence-electron chi connectivity index (χ3n) is 9.55. The summed E-state index contributed by atoms with van der Waals surface area (Å²) in [5.41, 5.74) is 0. The first-order chi connectivity index (χ1) is 14.3. The molecule has 0 amide bonds. The standard InChI is InChI=1S/C29H54/c1-3-5-7-8-9-12-24-15-17-26(18-16-24)27-19-21-28(22-20-27)29-14-10-13-25(23-29)11-6-4-2/h24-29H,3-23H2,1-2H3. The Kier molecular flexibility index (Phi) is 10.9. The van der Waals surface area contributed by atoms with Gasteiger partial charge in [-0.05, 0) is 80.5 Å². The summed E-state index contributed by atoms with van der Waals surface area (Å²) in [4.78, 5) is 0. The fourth-order valence-electron chi connectivity index (χ4n) is 7.59. The highest BCUT2D eigenvalue weighted by molar-refractivity contribution is 4.86. The largest absolute Gasteiger partial charge is 0.0654 e. The first-order valence-corrected chi connectivity index (χ1v) is 14.3. The fourth-order valence-corrected chi connectivity index (χ4v) is 7.59. The van der Waals surface area contributed by atoms with Crippen molar-refractivity contribution in [2.45, 2.75) is 149 Å². The van der Waals surface area contributed by atoms with E-state index in [2.05, 4.69) is 13.8 Å². The minimum Gasteiger partial charge on any atom is -0.0654 e. The molecule has 3 rings (SSSR count).